The Morgan fingerprint density at radius 3 is 2.64 bits per heavy atom. The molecule has 0 aliphatic carbocycles. The molecular formula is C16H17NO5. The van der Waals surface area contributed by atoms with Gasteiger partial charge in [-0.2, -0.15) is 0 Å². The summed E-state index contributed by atoms with van der Waals surface area (Å²) in [5.74, 6) is -3.81. The van der Waals surface area contributed by atoms with Gasteiger partial charge in [-0.3, -0.25) is 19.2 Å². The van der Waals surface area contributed by atoms with E-state index in [4.69, 9.17) is 0 Å². The lowest BCUT2D eigenvalue weighted by Gasteiger charge is -2.09. The molecular weight excluding hydrogens is 286 g/mol. The molecule has 0 spiro atoms. The number of Topliss-reactive ketones (excluding diaryl/α,β-unsaturated/α-hetero) is 2. The Morgan fingerprint density at radius 1 is 1.27 bits per heavy atom. The van der Waals surface area contributed by atoms with Gasteiger partial charge in [-0.25, -0.2) is 0 Å². The van der Waals surface area contributed by atoms with E-state index in [-0.39, 0.29) is 13.0 Å². The van der Waals surface area contributed by atoms with Crippen LogP contribution in [-0.2, 0) is 23.9 Å². The number of aryl methyl sites for hydroxylation is 2. The van der Waals surface area contributed by atoms with Crippen molar-refractivity contribution in [3.63, 3.8) is 0 Å². The summed E-state index contributed by atoms with van der Waals surface area (Å²) in [5, 5.41) is 2.50. The standard InChI is InChI=1S/C16H17NO5/c1-9-3-4-10(2)12(7-9)17-15(20)14(19)8-13(18)11-5-6-22-16(11)21/h3-4,7,11H,5-6,8H2,1-2H3,(H,17,20)/t11-/m1/s1. The Balaban J connectivity index is 1.97. The van der Waals surface area contributed by atoms with E-state index in [2.05, 4.69) is 10.1 Å². The number of ether oxygens (including phenoxy) is 1. The molecule has 1 saturated heterocycles. The number of anilines is 1. The van der Waals surface area contributed by atoms with E-state index in [1.807, 2.05) is 19.1 Å². The number of rotatable bonds is 5. The molecule has 6 heteroatoms. The molecule has 1 atom stereocenters. The molecule has 1 aromatic carbocycles. The molecule has 1 fully saturated rings. The minimum absolute atomic E-state index is 0.179. The average molecular weight is 303 g/mol. The zero-order valence-electron chi connectivity index (χ0n) is 12.5. The Morgan fingerprint density at radius 2 is 2.00 bits per heavy atom. The number of cyclic esters (lactones) is 1. The lowest BCUT2D eigenvalue weighted by molar-refractivity contribution is -0.145. The summed E-state index contributed by atoms with van der Waals surface area (Å²) in [6, 6.07) is 5.47. The molecule has 1 amide bonds. The van der Waals surface area contributed by atoms with Gasteiger partial charge in [0.2, 0.25) is 5.78 Å². The van der Waals surface area contributed by atoms with Crippen molar-refractivity contribution in [1.82, 2.24) is 0 Å². The number of ketones is 2. The van der Waals surface area contributed by atoms with Gasteiger partial charge in [0.1, 0.15) is 5.92 Å². The third-order valence-corrected chi connectivity index (χ3v) is 3.55. The molecule has 1 heterocycles. The van der Waals surface area contributed by atoms with Gasteiger partial charge in [0.05, 0.1) is 13.0 Å². The number of nitrogens with one attached hydrogen (secondary N) is 1. The van der Waals surface area contributed by atoms with E-state index in [1.165, 1.54) is 0 Å². The lowest BCUT2D eigenvalue weighted by atomic mass is 9.98. The second-order valence-corrected chi connectivity index (χ2v) is 5.35. The van der Waals surface area contributed by atoms with Crippen molar-refractivity contribution in [2.75, 3.05) is 11.9 Å². The largest absolute Gasteiger partial charge is 0.465 e. The maximum atomic E-state index is 11.9. The lowest BCUT2D eigenvalue weighted by Crippen LogP contribution is -2.29. The predicted molar refractivity (Wildman–Crippen MR) is 78.2 cm³/mol. The van der Waals surface area contributed by atoms with Gasteiger partial charge >= 0.3 is 5.97 Å². The number of esters is 1. The van der Waals surface area contributed by atoms with Crippen molar-refractivity contribution in [2.24, 2.45) is 5.92 Å². The first kappa shape index (κ1) is 15.9. The molecule has 6 nitrogen and oxygen atoms in total. The highest BCUT2D eigenvalue weighted by atomic mass is 16.5. The third-order valence-electron chi connectivity index (χ3n) is 3.55. The summed E-state index contributed by atoms with van der Waals surface area (Å²) >= 11 is 0. The van der Waals surface area contributed by atoms with E-state index < -0.39 is 35.8 Å². The van der Waals surface area contributed by atoms with Gasteiger partial charge in [-0.15, -0.1) is 0 Å². The van der Waals surface area contributed by atoms with E-state index in [1.54, 1.807) is 13.0 Å². The van der Waals surface area contributed by atoms with Crippen LogP contribution < -0.4 is 5.32 Å². The predicted octanol–water partition coefficient (Wildman–Crippen LogP) is 1.33. The quantitative estimate of drug-likeness (QED) is 0.503. The van der Waals surface area contributed by atoms with Gasteiger partial charge in [0.25, 0.3) is 5.91 Å². The summed E-state index contributed by atoms with van der Waals surface area (Å²) in [6.07, 6.45) is -0.319. The van der Waals surface area contributed by atoms with E-state index >= 15 is 0 Å². The summed E-state index contributed by atoms with van der Waals surface area (Å²) in [6.45, 7) is 3.85. The highest BCUT2D eigenvalue weighted by Gasteiger charge is 2.34. The van der Waals surface area contributed by atoms with Crippen LogP contribution in [0.1, 0.15) is 24.0 Å². The smallest absolute Gasteiger partial charge is 0.316 e. The molecule has 0 bridgehead atoms. The Hall–Kier alpha value is -2.50. The molecule has 116 valence electrons. The summed E-state index contributed by atoms with van der Waals surface area (Å²) in [4.78, 5) is 46.8. The number of carbonyl (C=O) groups is 4. The zero-order valence-corrected chi connectivity index (χ0v) is 12.5. The maximum absolute atomic E-state index is 11.9. The van der Waals surface area contributed by atoms with Gasteiger partial charge in [-0.05, 0) is 31.0 Å². The first-order chi connectivity index (χ1) is 10.4. The SMILES string of the molecule is Cc1ccc(C)c(NC(=O)C(=O)CC(=O)[C@H]2CCOC2=O)c1. The maximum Gasteiger partial charge on any atom is 0.316 e. The van der Waals surface area contributed by atoms with Crippen molar-refractivity contribution in [3.05, 3.63) is 29.3 Å². The van der Waals surface area contributed by atoms with E-state index in [0.717, 1.165) is 11.1 Å². The molecule has 1 N–H and O–H groups in total. The second kappa shape index (κ2) is 6.51. The number of hydrogen-bond acceptors (Lipinski definition) is 5. The molecule has 1 aliphatic heterocycles. The molecule has 0 radical (unpaired) electrons. The molecule has 0 saturated carbocycles. The fraction of sp³-hybridized carbons (Fsp3) is 0.375. The van der Waals surface area contributed by atoms with Crippen molar-refractivity contribution in [2.45, 2.75) is 26.7 Å². The van der Waals surface area contributed by atoms with Crippen molar-refractivity contribution < 1.29 is 23.9 Å². The van der Waals surface area contributed by atoms with Crippen LogP contribution in [0.2, 0.25) is 0 Å². The first-order valence-electron chi connectivity index (χ1n) is 6.99. The Bertz CT molecular complexity index is 650. The molecule has 2 rings (SSSR count). The van der Waals surface area contributed by atoms with Gasteiger partial charge in [0.15, 0.2) is 5.78 Å². The van der Waals surface area contributed by atoms with Crippen LogP contribution >= 0.6 is 0 Å². The summed E-state index contributed by atoms with van der Waals surface area (Å²) in [5.41, 5.74) is 2.29. The van der Waals surface area contributed by atoms with Crippen molar-refractivity contribution in [1.29, 1.82) is 0 Å². The van der Waals surface area contributed by atoms with Crippen LogP contribution in [0.15, 0.2) is 18.2 Å². The van der Waals surface area contributed by atoms with Crippen LogP contribution in [0, 0.1) is 19.8 Å². The van der Waals surface area contributed by atoms with Crippen LogP contribution in [0.3, 0.4) is 0 Å². The van der Waals surface area contributed by atoms with Crippen LogP contribution in [0.25, 0.3) is 0 Å². The first-order valence-corrected chi connectivity index (χ1v) is 6.99. The fourth-order valence-corrected chi connectivity index (χ4v) is 2.21. The van der Waals surface area contributed by atoms with Crippen LogP contribution in [-0.4, -0.2) is 30.0 Å². The van der Waals surface area contributed by atoms with E-state index in [0.29, 0.717) is 5.69 Å². The molecule has 22 heavy (non-hydrogen) atoms. The molecule has 1 aromatic rings. The Labute approximate surface area is 127 Å². The zero-order chi connectivity index (χ0) is 16.3. The van der Waals surface area contributed by atoms with Gasteiger partial charge in [0, 0.05) is 12.1 Å². The molecule has 1 aliphatic rings. The number of carbonyl (C=O) groups excluding carboxylic acids is 4. The van der Waals surface area contributed by atoms with Gasteiger partial charge < -0.3 is 10.1 Å². The summed E-state index contributed by atoms with van der Waals surface area (Å²) < 4.78 is 4.68. The summed E-state index contributed by atoms with van der Waals surface area (Å²) in [7, 11) is 0. The second-order valence-electron chi connectivity index (χ2n) is 5.35. The fourth-order valence-electron chi connectivity index (χ4n) is 2.21. The monoisotopic (exact) mass is 303 g/mol. The number of benzene rings is 1. The highest BCUT2D eigenvalue weighted by molar-refractivity contribution is 6.43. The highest BCUT2D eigenvalue weighted by Crippen LogP contribution is 2.18. The molecule has 0 aromatic heterocycles. The van der Waals surface area contributed by atoms with Crippen molar-refractivity contribution in [3.8, 4) is 0 Å². The van der Waals surface area contributed by atoms with Crippen LogP contribution in [0.4, 0.5) is 5.69 Å². The minimum atomic E-state index is -0.919. The number of hydrogen-bond donors (Lipinski definition) is 1. The normalized spacial score (nSPS) is 17.0. The number of amides is 1. The topological polar surface area (TPSA) is 89.5 Å². The minimum Gasteiger partial charge on any atom is -0.465 e. The van der Waals surface area contributed by atoms with Crippen molar-refractivity contribution >= 4 is 29.1 Å². The third kappa shape index (κ3) is 3.58. The van der Waals surface area contributed by atoms with Gasteiger partial charge in [-0.1, -0.05) is 12.1 Å². The molecule has 0 unspecified atom stereocenters. The average Bonchev–Trinajstić information content (AvgIpc) is 2.89. The van der Waals surface area contributed by atoms with E-state index in [9.17, 15) is 19.2 Å². The Kier molecular flexibility index (Phi) is 4.70. The van der Waals surface area contributed by atoms with Crippen LogP contribution in [0.5, 0.6) is 0 Å².